The van der Waals surface area contributed by atoms with Crippen molar-refractivity contribution >= 4 is 35.8 Å². The highest BCUT2D eigenvalue weighted by atomic mass is 127. The van der Waals surface area contributed by atoms with Gasteiger partial charge in [-0.15, -0.1) is 24.0 Å². The van der Waals surface area contributed by atoms with Crippen LogP contribution in [0.4, 0.5) is 0 Å². The molecule has 8 heteroatoms. The molecule has 2 rings (SSSR count). The first kappa shape index (κ1) is 25.4. The number of amides is 1. The number of nitrogens with zero attached hydrogens (tertiary/aromatic N) is 3. The first-order chi connectivity index (χ1) is 12.8. The quantitative estimate of drug-likeness (QED) is 0.312. The second-order valence-electron chi connectivity index (χ2n) is 8.65. The Morgan fingerprint density at radius 1 is 1.18 bits per heavy atom. The molecule has 1 aliphatic carbocycles. The van der Waals surface area contributed by atoms with Crippen molar-refractivity contribution in [3.05, 3.63) is 0 Å². The highest BCUT2D eigenvalue weighted by molar-refractivity contribution is 14.0. The predicted octanol–water partition coefficient (Wildman–Crippen LogP) is 1.92. The molecule has 0 aromatic carbocycles. The smallest absolute Gasteiger partial charge is 0.230 e. The van der Waals surface area contributed by atoms with E-state index in [1.54, 1.807) is 4.90 Å². The van der Waals surface area contributed by atoms with Crippen LogP contribution in [0.5, 0.6) is 0 Å². The maximum absolute atomic E-state index is 12.8. The summed E-state index contributed by atoms with van der Waals surface area (Å²) in [6.07, 6.45) is 4.16. The number of halogens is 1. The van der Waals surface area contributed by atoms with Gasteiger partial charge in [-0.05, 0) is 33.6 Å². The van der Waals surface area contributed by atoms with Crippen molar-refractivity contribution < 1.29 is 9.53 Å². The van der Waals surface area contributed by atoms with E-state index in [2.05, 4.69) is 36.3 Å². The standard InChI is InChI=1S/C20H39N5O2.HI/c1-6-21-18(22-15-19(2,3)25-11-13-27-14-12-25)23-16-20(9-7-8-10-20)17(26)24(4)5;/h6-16H2,1-5H3,(H2,21,22,23);1H. The monoisotopic (exact) mass is 509 g/mol. The van der Waals surface area contributed by atoms with Gasteiger partial charge < -0.3 is 20.3 Å². The van der Waals surface area contributed by atoms with E-state index in [1.807, 2.05) is 14.1 Å². The number of nitrogens with one attached hydrogen (secondary N) is 2. The van der Waals surface area contributed by atoms with Crippen molar-refractivity contribution in [1.29, 1.82) is 0 Å². The molecule has 1 heterocycles. The Kier molecular flexibility index (Phi) is 10.5. The lowest BCUT2D eigenvalue weighted by Gasteiger charge is -2.40. The molecule has 2 aliphatic rings. The molecular formula is C20H40IN5O2. The van der Waals surface area contributed by atoms with Crippen LogP contribution in [0.2, 0.25) is 0 Å². The molecule has 0 spiro atoms. The van der Waals surface area contributed by atoms with E-state index >= 15 is 0 Å². The minimum absolute atomic E-state index is 0. The molecule has 1 saturated heterocycles. The summed E-state index contributed by atoms with van der Waals surface area (Å²) >= 11 is 0. The Morgan fingerprint density at radius 2 is 1.79 bits per heavy atom. The van der Waals surface area contributed by atoms with Crippen LogP contribution in [0.3, 0.4) is 0 Å². The SMILES string of the molecule is CCNC(=NCC(C)(C)N1CCOCC1)NCC1(C(=O)N(C)C)CCCC1.I. The van der Waals surface area contributed by atoms with E-state index in [0.717, 1.165) is 64.5 Å². The molecule has 1 amide bonds. The van der Waals surface area contributed by atoms with E-state index in [4.69, 9.17) is 9.73 Å². The van der Waals surface area contributed by atoms with Crippen molar-refractivity contribution in [1.82, 2.24) is 20.4 Å². The van der Waals surface area contributed by atoms with Crippen molar-refractivity contribution in [2.75, 3.05) is 60.0 Å². The molecule has 0 aromatic heterocycles. The number of hydrogen-bond acceptors (Lipinski definition) is 4. The van der Waals surface area contributed by atoms with Crippen LogP contribution in [0, 0.1) is 5.41 Å². The van der Waals surface area contributed by atoms with Gasteiger partial charge in [0, 0.05) is 45.8 Å². The number of hydrogen-bond donors (Lipinski definition) is 2. The molecule has 164 valence electrons. The lowest BCUT2D eigenvalue weighted by Crippen LogP contribution is -2.53. The van der Waals surface area contributed by atoms with Crippen molar-refractivity contribution in [3.8, 4) is 0 Å². The number of carbonyl (C=O) groups excluding carboxylic acids is 1. The summed E-state index contributed by atoms with van der Waals surface area (Å²) in [4.78, 5) is 21.8. The Balaban J connectivity index is 0.00000392. The Labute approximate surface area is 188 Å². The third kappa shape index (κ3) is 6.73. The average Bonchev–Trinajstić information content (AvgIpc) is 3.14. The zero-order valence-corrected chi connectivity index (χ0v) is 20.7. The molecule has 2 fully saturated rings. The number of aliphatic imine (C=N–C) groups is 1. The van der Waals surface area contributed by atoms with Crippen LogP contribution in [0.15, 0.2) is 4.99 Å². The number of guanidine groups is 1. The maximum Gasteiger partial charge on any atom is 0.230 e. The molecular weight excluding hydrogens is 469 g/mol. The van der Waals surface area contributed by atoms with Gasteiger partial charge in [0.2, 0.25) is 5.91 Å². The number of rotatable bonds is 7. The third-order valence-corrected chi connectivity index (χ3v) is 5.85. The maximum atomic E-state index is 12.8. The summed E-state index contributed by atoms with van der Waals surface area (Å²) in [5.41, 5.74) is -0.309. The zero-order valence-electron chi connectivity index (χ0n) is 18.3. The molecule has 28 heavy (non-hydrogen) atoms. The fourth-order valence-corrected chi connectivity index (χ4v) is 4.13. The van der Waals surface area contributed by atoms with Gasteiger partial charge in [0.05, 0.1) is 25.2 Å². The first-order valence-corrected chi connectivity index (χ1v) is 10.4. The van der Waals surface area contributed by atoms with E-state index in [0.29, 0.717) is 13.1 Å². The molecule has 2 N–H and O–H groups in total. The fraction of sp³-hybridized carbons (Fsp3) is 0.900. The Hall–Kier alpha value is -0.610. The summed E-state index contributed by atoms with van der Waals surface area (Å²) < 4.78 is 5.47. The van der Waals surface area contributed by atoms with Gasteiger partial charge in [-0.2, -0.15) is 0 Å². The normalized spacial score (nSPS) is 20.4. The van der Waals surface area contributed by atoms with Gasteiger partial charge in [-0.25, -0.2) is 0 Å². The summed E-state index contributed by atoms with van der Waals surface area (Å²) in [6, 6.07) is 0. The van der Waals surface area contributed by atoms with Crippen LogP contribution >= 0.6 is 24.0 Å². The van der Waals surface area contributed by atoms with Gasteiger partial charge in [-0.3, -0.25) is 14.7 Å². The highest BCUT2D eigenvalue weighted by Gasteiger charge is 2.42. The predicted molar refractivity (Wildman–Crippen MR) is 125 cm³/mol. The molecule has 1 aliphatic heterocycles. The number of morpholine rings is 1. The average molecular weight is 509 g/mol. The number of ether oxygens (including phenoxy) is 1. The van der Waals surface area contributed by atoms with Gasteiger partial charge in [-0.1, -0.05) is 12.8 Å². The molecule has 0 radical (unpaired) electrons. The van der Waals surface area contributed by atoms with Gasteiger partial charge >= 0.3 is 0 Å². The summed E-state index contributed by atoms with van der Waals surface area (Å²) in [7, 11) is 3.71. The van der Waals surface area contributed by atoms with Crippen LogP contribution in [0.1, 0.15) is 46.5 Å². The zero-order chi connectivity index (χ0) is 19.9. The Bertz CT molecular complexity index is 513. The minimum Gasteiger partial charge on any atom is -0.379 e. The van der Waals surface area contributed by atoms with Crippen molar-refractivity contribution in [2.45, 2.75) is 52.0 Å². The van der Waals surface area contributed by atoms with E-state index in [1.165, 1.54) is 0 Å². The molecule has 0 bridgehead atoms. The molecule has 7 nitrogen and oxygen atoms in total. The first-order valence-electron chi connectivity index (χ1n) is 10.4. The van der Waals surface area contributed by atoms with E-state index < -0.39 is 0 Å². The summed E-state index contributed by atoms with van der Waals surface area (Å²) in [6.45, 7) is 12.2. The van der Waals surface area contributed by atoms with Crippen LogP contribution in [-0.2, 0) is 9.53 Å². The molecule has 0 atom stereocenters. The highest BCUT2D eigenvalue weighted by Crippen LogP contribution is 2.38. The fourth-order valence-electron chi connectivity index (χ4n) is 4.13. The van der Waals surface area contributed by atoms with Crippen molar-refractivity contribution in [2.24, 2.45) is 10.4 Å². The summed E-state index contributed by atoms with van der Waals surface area (Å²) in [5.74, 6) is 1.04. The third-order valence-electron chi connectivity index (χ3n) is 5.85. The van der Waals surface area contributed by atoms with Crippen LogP contribution in [0.25, 0.3) is 0 Å². The second kappa shape index (κ2) is 11.5. The lowest BCUT2D eigenvalue weighted by molar-refractivity contribution is -0.138. The van der Waals surface area contributed by atoms with Gasteiger partial charge in [0.25, 0.3) is 0 Å². The summed E-state index contributed by atoms with van der Waals surface area (Å²) in [5, 5.41) is 6.80. The van der Waals surface area contributed by atoms with Crippen LogP contribution in [-0.4, -0.2) is 87.2 Å². The molecule has 1 saturated carbocycles. The minimum atomic E-state index is -0.292. The Morgan fingerprint density at radius 3 is 2.32 bits per heavy atom. The van der Waals surface area contributed by atoms with Crippen molar-refractivity contribution in [3.63, 3.8) is 0 Å². The second-order valence-corrected chi connectivity index (χ2v) is 8.65. The van der Waals surface area contributed by atoms with Crippen LogP contribution < -0.4 is 10.6 Å². The van der Waals surface area contributed by atoms with Gasteiger partial charge in [0.1, 0.15) is 0 Å². The number of carbonyl (C=O) groups is 1. The largest absolute Gasteiger partial charge is 0.379 e. The topological polar surface area (TPSA) is 69.2 Å². The molecule has 0 aromatic rings. The van der Waals surface area contributed by atoms with Gasteiger partial charge in [0.15, 0.2) is 5.96 Å². The van der Waals surface area contributed by atoms with E-state index in [9.17, 15) is 4.79 Å². The lowest BCUT2D eigenvalue weighted by atomic mass is 9.84. The van der Waals surface area contributed by atoms with E-state index in [-0.39, 0.29) is 40.8 Å². The molecule has 0 unspecified atom stereocenters.